The zero-order chi connectivity index (χ0) is 25.3. The van der Waals surface area contributed by atoms with Crippen LogP contribution in [0.1, 0.15) is 50.1 Å². The van der Waals surface area contributed by atoms with Crippen LogP contribution in [0, 0.1) is 23.2 Å². The molecule has 1 saturated heterocycles. The summed E-state index contributed by atoms with van der Waals surface area (Å²) in [7, 11) is 2.04. The number of rotatable bonds is 6. The Morgan fingerprint density at radius 3 is 2.58 bits per heavy atom. The van der Waals surface area contributed by atoms with Crippen molar-refractivity contribution in [3.8, 4) is 11.8 Å². The fourth-order valence-corrected chi connectivity index (χ4v) is 5.44. The minimum atomic E-state index is -0.978. The zero-order valence-electron chi connectivity index (χ0n) is 21.6. The van der Waals surface area contributed by atoms with Gasteiger partial charge >= 0.3 is 0 Å². The summed E-state index contributed by atoms with van der Waals surface area (Å²) in [4.78, 5) is 20.1. The average molecular weight is 485 g/mol. The molecule has 2 N–H and O–H groups in total. The number of imidazole rings is 1. The summed E-state index contributed by atoms with van der Waals surface area (Å²) in [5, 5.41) is 12.9. The van der Waals surface area contributed by atoms with Crippen molar-refractivity contribution in [2.24, 2.45) is 18.4 Å². The van der Waals surface area contributed by atoms with Crippen LogP contribution in [0.4, 0.5) is 0 Å². The smallest absolute Gasteiger partial charge is 0.223 e. The van der Waals surface area contributed by atoms with Crippen LogP contribution in [0.3, 0.4) is 0 Å². The fraction of sp³-hybridized carbons (Fsp3) is 0.467. The van der Waals surface area contributed by atoms with Gasteiger partial charge in [-0.3, -0.25) is 9.69 Å². The van der Waals surface area contributed by atoms with Crippen LogP contribution < -0.4 is 5.32 Å². The Labute approximate surface area is 213 Å². The van der Waals surface area contributed by atoms with Crippen LogP contribution in [0.15, 0.2) is 48.5 Å². The number of aromatic nitrogens is 2. The number of piperidine rings is 1. The van der Waals surface area contributed by atoms with Crippen molar-refractivity contribution in [1.82, 2.24) is 19.8 Å². The van der Waals surface area contributed by atoms with E-state index in [9.17, 15) is 9.90 Å². The van der Waals surface area contributed by atoms with E-state index in [-0.39, 0.29) is 17.2 Å². The molecule has 1 atom stereocenters. The third kappa shape index (κ3) is 5.48. The van der Waals surface area contributed by atoms with Gasteiger partial charge in [0.25, 0.3) is 0 Å². The Morgan fingerprint density at radius 1 is 1.17 bits per heavy atom. The molecular formula is C30H36N4O2. The van der Waals surface area contributed by atoms with Gasteiger partial charge in [-0.2, -0.15) is 0 Å². The molecule has 1 aromatic heterocycles. The standard InChI is InChI=1S/C30H36N4O2/c1-29(2,36)14-12-22-8-10-23(11-9-22)21-34-18-15-30(16-19-34)20-24(30)28(35)31-17-13-27-32-25-6-4-5-7-26(25)33(27)3/h4-11,24,36H,13,15-21H2,1-3H3,(H,31,35)/t24-/m1/s1. The molecule has 1 amide bonds. The van der Waals surface area contributed by atoms with Gasteiger partial charge in [0.05, 0.1) is 11.0 Å². The molecule has 0 bridgehead atoms. The lowest BCUT2D eigenvalue weighted by atomic mass is 9.90. The lowest BCUT2D eigenvalue weighted by Crippen LogP contribution is -2.37. The van der Waals surface area contributed by atoms with E-state index in [4.69, 9.17) is 4.98 Å². The Morgan fingerprint density at radius 2 is 1.89 bits per heavy atom. The second-order valence-electron chi connectivity index (χ2n) is 11.0. The fourth-order valence-electron chi connectivity index (χ4n) is 5.44. The molecule has 2 aliphatic rings. The van der Waals surface area contributed by atoms with Crippen LogP contribution in [0.5, 0.6) is 0 Å². The van der Waals surface area contributed by atoms with Crippen molar-refractivity contribution in [2.45, 2.75) is 51.7 Å². The number of fused-ring (bicyclic) bond motifs is 1. The molecule has 2 fully saturated rings. The van der Waals surface area contributed by atoms with E-state index >= 15 is 0 Å². The van der Waals surface area contributed by atoms with Crippen molar-refractivity contribution in [3.05, 3.63) is 65.5 Å². The van der Waals surface area contributed by atoms with E-state index in [1.807, 2.05) is 37.4 Å². The number of aryl methyl sites for hydroxylation is 1. The molecule has 0 unspecified atom stereocenters. The van der Waals surface area contributed by atoms with Gasteiger partial charge in [-0.25, -0.2) is 4.98 Å². The van der Waals surface area contributed by atoms with E-state index in [1.54, 1.807) is 13.8 Å². The number of hydrogen-bond acceptors (Lipinski definition) is 4. The minimum Gasteiger partial charge on any atom is -0.378 e. The van der Waals surface area contributed by atoms with Gasteiger partial charge in [0, 0.05) is 38.0 Å². The largest absolute Gasteiger partial charge is 0.378 e. The number of benzene rings is 2. The van der Waals surface area contributed by atoms with E-state index in [0.29, 0.717) is 6.54 Å². The third-order valence-corrected chi connectivity index (χ3v) is 7.76. The van der Waals surface area contributed by atoms with Gasteiger partial charge < -0.3 is 15.0 Å². The molecule has 1 spiro atoms. The second-order valence-corrected chi connectivity index (χ2v) is 11.0. The highest BCUT2D eigenvalue weighted by molar-refractivity contribution is 5.82. The Kier molecular flexibility index (Phi) is 6.63. The van der Waals surface area contributed by atoms with Crippen LogP contribution in [0.25, 0.3) is 11.0 Å². The highest BCUT2D eigenvalue weighted by Gasteiger charge is 2.58. The Hall–Kier alpha value is -3.14. The normalized spacial score (nSPS) is 19.2. The van der Waals surface area contributed by atoms with Crippen LogP contribution in [-0.4, -0.2) is 50.7 Å². The molecule has 1 aliphatic heterocycles. The lowest BCUT2D eigenvalue weighted by molar-refractivity contribution is -0.123. The van der Waals surface area contributed by atoms with Crippen molar-refractivity contribution in [2.75, 3.05) is 19.6 Å². The quantitative estimate of drug-likeness (QED) is 0.524. The predicted molar refractivity (Wildman–Crippen MR) is 142 cm³/mol. The number of amides is 1. The van der Waals surface area contributed by atoms with Gasteiger partial charge in [0.2, 0.25) is 5.91 Å². The maximum Gasteiger partial charge on any atom is 0.223 e. The van der Waals surface area contributed by atoms with E-state index < -0.39 is 5.60 Å². The van der Waals surface area contributed by atoms with E-state index in [1.165, 1.54) is 5.56 Å². The Bertz CT molecular complexity index is 1300. The summed E-state index contributed by atoms with van der Waals surface area (Å²) in [6.45, 7) is 6.99. The molecule has 1 saturated carbocycles. The number of carbonyl (C=O) groups excluding carboxylic acids is 1. The molecule has 2 aromatic carbocycles. The first kappa shape index (κ1) is 24.5. The summed E-state index contributed by atoms with van der Waals surface area (Å²) < 4.78 is 2.12. The Balaban J connectivity index is 1.06. The predicted octanol–water partition coefficient (Wildman–Crippen LogP) is 3.66. The molecule has 6 heteroatoms. The molecule has 3 aromatic rings. The van der Waals surface area contributed by atoms with E-state index in [2.05, 4.69) is 44.8 Å². The molecule has 5 rings (SSSR count). The van der Waals surface area contributed by atoms with Gasteiger partial charge in [-0.05, 0) is 81.4 Å². The summed E-state index contributed by atoms with van der Waals surface area (Å²) in [5.74, 6) is 7.26. The summed E-state index contributed by atoms with van der Waals surface area (Å²) in [6.07, 6.45) is 3.94. The summed E-state index contributed by atoms with van der Waals surface area (Å²) >= 11 is 0. The summed E-state index contributed by atoms with van der Waals surface area (Å²) in [6, 6.07) is 16.4. The number of nitrogens with one attached hydrogen (secondary N) is 1. The topological polar surface area (TPSA) is 70.4 Å². The first-order valence-corrected chi connectivity index (χ1v) is 13.0. The molecule has 6 nitrogen and oxygen atoms in total. The third-order valence-electron chi connectivity index (χ3n) is 7.76. The van der Waals surface area contributed by atoms with Crippen LogP contribution in [-0.2, 0) is 24.8 Å². The van der Waals surface area contributed by atoms with Gasteiger partial charge in [-0.1, -0.05) is 36.1 Å². The molecule has 36 heavy (non-hydrogen) atoms. The molecule has 1 aliphatic carbocycles. The summed E-state index contributed by atoms with van der Waals surface area (Å²) in [5.41, 5.74) is 3.54. The average Bonchev–Trinajstić information content (AvgIpc) is 3.47. The highest BCUT2D eigenvalue weighted by atomic mass is 16.3. The monoisotopic (exact) mass is 484 g/mol. The zero-order valence-corrected chi connectivity index (χ0v) is 21.6. The molecule has 188 valence electrons. The van der Waals surface area contributed by atoms with Crippen LogP contribution in [0.2, 0.25) is 0 Å². The number of para-hydroxylation sites is 2. The molecule has 0 radical (unpaired) electrons. The van der Waals surface area contributed by atoms with Gasteiger partial charge in [-0.15, -0.1) is 0 Å². The molecular weight excluding hydrogens is 448 g/mol. The minimum absolute atomic E-state index is 0.161. The number of nitrogens with zero attached hydrogens (tertiary/aromatic N) is 3. The number of carbonyl (C=O) groups is 1. The molecule has 2 heterocycles. The van der Waals surface area contributed by atoms with E-state index in [0.717, 1.165) is 67.7 Å². The van der Waals surface area contributed by atoms with Crippen molar-refractivity contribution in [1.29, 1.82) is 0 Å². The van der Waals surface area contributed by atoms with Crippen LogP contribution >= 0.6 is 0 Å². The van der Waals surface area contributed by atoms with Crippen molar-refractivity contribution >= 4 is 16.9 Å². The van der Waals surface area contributed by atoms with Crippen molar-refractivity contribution in [3.63, 3.8) is 0 Å². The number of hydrogen-bond donors (Lipinski definition) is 2. The second kappa shape index (κ2) is 9.72. The highest BCUT2D eigenvalue weighted by Crippen LogP contribution is 2.59. The van der Waals surface area contributed by atoms with Crippen molar-refractivity contribution < 1.29 is 9.90 Å². The maximum absolute atomic E-state index is 12.9. The first-order valence-electron chi connectivity index (χ1n) is 13.0. The number of likely N-dealkylation sites (tertiary alicyclic amines) is 1. The number of aliphatic hydroxyl groups is 1. The SMILES string of the molecule is Cn1c(CCNC(=O)[C@H]2CC23CCN(Cc2ccc(C#CC(C)(C)O)cc2)CC3)nc2ccccc21. The lowest BCUT2D eigenvalue weighted by Gasteiger charge is -2.32. The van der Waals surface area contributed by atoms with Gasteiger partial charge in [0.1, 0.15) is 11.4 Å². The van der Waals surface area contributed by atoms with Gasteiger partial charge in [0.15, 0.2) is 0 Å². The maximum atomic E-state index is 12.9. The first-order chi connectivity index (χ1) is 17.2.